The number of carbonyl (C=O) groups excluding carboxylic acids is 1. The first-order valence-corrected chi connectivity index (χ1v) is 6.75. The lowest BCUT2D eigenvalue weighted by Gasteiger charge is -2.16. The van der Waals surface area contributed by atoms with Gasteiger partial charge < -0.3 is 15.3 Å². The maximum Gasteiger partial charge on any atom is 0.317 e. The SMILES string of the molecule is CC1CN(C(=O)NCCCCCC(=O)O)CC1C. The van der Waals surface area contributed by atoms with Crippen LogP contribution in [0.1, 0.15) is 39.5 Å². The molecule has 1 heterocycles. The molecule has 0 aliphatic carbocycles. The molecule has 1 aliphatic rings. The summed E-state index contributed by atoms with van der Waals surface area (Å²) in [6, 6.07) is 0.0180. The number of amides is 2. The zero-order valence-corrected chi connectivity index (χ0v) is 11.3. The summed E-state index contributed by atoms with van der Waals surface area (Å²) in [5.74, 6) is 0.400. The minimum absolute atomic E-state index is 0.0180. The highest BCUT2D eigenvalue weighted by molar-refractivity contribution is 5.74. The Morgan fingerprint density at radius 2 is 1.78 bits per heavy atom. The molecule has 2 amide bonds. The van der Waals surface area contributed by atoms with Gasteiger partial charge in [-0.3, -0.25) is 4.79 Å². The fraction of sp³-hybridized carbons (Fsp3) is 0.846. The summed E-state index contributed by atoms with van der Waals surface area (Å²) in [6.45, 7) is 6.66. The minimum atomic E-state index is -0.751. The van der Waals surface area contributed by atoms with E-state index < -0.39 is 5.97 Å². The molecular formula is C13H24N2O3. The molecule has 0 saturated carbocycles. The molecule has 0 aromatic rings. The zero-order chi connectivity index (χ0) is 13.5. The van der Waals surface area contributed by atoms with Crippen LogP contribution in [0.25, 0.3) is 0 Å². The van der Waals surface area contributed by atoms with Gasteiger partial charge in [0.05, 0.1) is 0 Å². The van der Waals surface area contributed by atoms with Crippen LogP contribution in [0.5, 0.6) is 0 Å². The van der Waals surface area contributed by atoms with Crippen molar-refractivity contribution in [3.8, 4) is 0 Å². The second-order valence-corrected chi connectivity index (χ2v) is 5.30. The average Bonchev–Trinajstić information content (AvgIpc) is 2.63. The van der Waals surface area contributed by atoms with E-state index >= 15 is 0 Å². The smallest absolute Gasteiger partial charge is 0.317 e. The first-order chi connectivity index (χ1) is 8.50. The molecule has 5 heteroatoms. The van der Waals surface area contributed by atoms with E-state index in [9.17, 15) is 9.59 Å². The van der Waals surface area contributed by atoms with Gasteiger partial charge in [0.15, 0.2) is 0 Å². The summed E-state index contributed by atoms with van der Waals surface area (Å²) in [4.78, 5) is 24.0. The highest BCUT2D eigenvalue weighted by Gasteiger charge is 2.28. The molecule has 0 spiro atoms. The molecule has 0 radical (unpaired) electrons. The summed E-state index contributed by atoms with van der Waals surface area (Å²) < 4.78 is 0. The van der Waals surface area contributed by atoms with E-state index in [-0.39, 0.29) is 12.5 Å². The van der Waals surface area contributed by atoms with Gasteiger partial charge in [0.1, 0.15) is 0 Å². The lowest BCUT2D eigenvalue weighted by molar-refractivity contribution is -0.137. The third kappa shape index (κ3) is 4.94. The molecule has 104 valence electrons. The lowest BCUT2D eigenvalue weighted by Crippen LogP contribution is -2.39. The van der Waals surface area contributed by atoms with Crippen molar-refractivity contribution in [3.63, 3.8) is 0 Å². The number of carbonyl (C=O) groups is 2. The number of rotatable bonds is 6. The Morgan fingerprint density at radius 1 is 1.17 bits per heavy atom. The van der Waals surface area contributed by atoms with Gasteiger partial charge >= 0.3 is 12.0 Å². The van der Waals surface area contributed by atoms with E-state index in [1.165, 1.54) is 0 Å². The molecule has 1 rings (SSSR count). The number of aliphatic carboxylic acids is 1. The van der Waals surface area contributed by atoms with Crippen LogP contribution >= 0.6 is 0 Å². The number of hydrogen-bond donors (Lipinski definition) is 2. The molecule has 2 unspecified atom stereocenters. The zero-order valence-electron chi connectivity index (χ0n) is 11.3. The second kappa shape index (κ2) is 7.24. The number of nitrogens with zero attached hydrogens (tertiary/aromatic N) is 1. The number of nitrogens with one attached hydrogen (secondary N) is 1. The van der Waals surface area contributed by atoms with Crippen molar-refractivity contribution in [2.75, 3.05) is 19.6 Å². The summed E-state index contributed by atoms with van der Waals surface area (Å²) in [5, 5.41) is 11.4. The molecule has 2 N–H and O–H groups in total. The summed E-state index contributed by atoms with van der Waals surface area (Å²) >= 11 is 0. The Bertz CT molecular complexity index is 284. The fourth-order valence-corrected chi connectivity index (χ4v) is 2.18. The molecule has 1 aliphatic heterocycles. The third-order valence-corrected chi connectivity index (χ3v) is 3.62. The standard InChI is InChI=1S/C13H24N2O3/c1-10-8-15(9-11(10)2)13(18)14-7-5-3-4-6-12(16)17/h10-11H,3-9H2,1-2H3,(H,14,18)(H,16,17). The van der Waals surface area contributed by atoms with Gasteiger partial charge in [-0.2, -0.15) is 0 Å². The van der Waals surface area contributed by atoms with Gasteiger partial charge in [0.2, 0.25) is 0 Å². The topological polar surface area (TPSA) is 69.6 Å². The van der Waals surface area contributed by atoms with E-state index in [0.29, 0.717) is 24.8 Å². The molecule has 0 aromatic carbocycles. The van der Waals surface area contributed by atoms with Crippen LogP contribution in [-0.4, -0.2) is 41.6 Å². The van der Waals surface area contributed by atoms with Gasteiger partial charge in [-0.1, -0.05) is 20.3 Å². The average molecular weight is 256 g/mol. The van der Waals surface area contributed by atoms with Crippen molar-refractivity contribution in [1.82, 2.24) is 10.2 Å². The Kier molecular flexibility index (Phi) is 5.95. The number of likely N-dealkylation sites (tertiary alicyclic amines) is 1. The third-order valence-electron chi connectivity index (χ3n) is 3.62. The number of urea groups is 1. The molecule has 1 fully saturated rings. The van der Waals surface area contributed by atoms with Crippen molar-refractivity contribution in [3.05, 3.63) is 0 Å². The van der Waals surface area contributed by atoms with Gasteiger partial charge in [-0.05, 0) is 24.7 Å². The van der Waals surface area contributed by atoms with Crippen molar-refractivity contribution < 1.29 is 14.7 Å². The van der Waals surface area contributed by atoms with Gasteiger partial charge in [0, 0.05) is 26.1 Å². The Morgan fingerprint density at radius 3 is 2.33 bits per heavy atom. The fourth-order valence-electron chi connectivity index (χ4n) is 2.18. The second-order valence-electron chi connectivity index (χ2n) is 5.30. The maximum absolute atomic E-state index is 11.8. The molecule has 0 aromatic heterocycles. The van der Waals surface area contributed by atoms with Crippen LogP contribution in [0.4, 0.5) is 4.79 Å². The summed E-state index contributed by atoms with van der Waals surface area (Å²) in [5.41, 5.74) is 0. The Hall–Kier alpha value is -1.26. The number of unbranched alkanes of at least 4 members (excludes halogenated alkanes) is 2. The van der Waals surface area contributed by atoms with E-state index in [4.69, 9.17) is 5.11 Å². The van der Waals surface area contributed by atoms with E-state index in [1.54, 1.807) is 0 Å². The normalized spacial score (nSPS) is 23.1. The quantitative estimate of drug-likeness (QED) is 0.713. The largest absolute Gasteiger partial charge is 0.481 e. The van der Waals surface area contributed by atoms with Crippen LogP contribution in [-0.2, 0) is 4.79 Å². The van der Waals surface area contributed by atoms with E-state index in [0.717, 1.165) is 25.9 Å². The maximum atomic E-state index is 11.8. The Labute approximate surface area is 109 Å². The number of hydrogen-bond acceptors (Lipinski definition) is 2. The van der Waals surface area contributed by atoms with Crippen molar-refractivity contribution in [2.45, 2.75) is 39.5 Å². The highest BCUT2D eigenvalue weighted by atomic mass is 16.4. The van der Waals surface area contributed by atoms with Crippen molar-refractivity contribution >= 4 is 12.0 Å². The molecule has 0 bridgehead atoms. The van der Waals surface area contributed by atoms with Crippen LogP contribution in [0, 0.1) is 11.8 Å². The minimum Gasteiger partial charge on any atom is -0.481 e. The Balaban J connectivity index is 2.05. The van der Waals surface area contributed by atoms with Crippen LogP contribution in [0.3, 0.4) is 0 Å². The van der Waals surface area contributed by atoms with Crippen molar-refractivity contribution in [1.29, 1.82) is 0 Å². The van der Waals surface area contributed by atoms with Gasteiger partial charge in [-0.25, -0.2) is 4.79 Å². The van der Waals surface area contributed by atoms with Crippen LogP contribution < -0.4 is 5.32 Å². The molecular weight excluding hydrogens is 232 g/mol. The lowest BCUT2D eigenvalue weighted by atomic mass is 10.0. The first-order valence-electron chi connectivity index (χ1n) is 6.75. The molecule has 2 atom stereocenters. The van der Waals surface area contributed by atoms with Crippen LogP contribution in [0.2, 0.25) is 0 Å². The molecule has 18 heavy (non-hydrogen) atoms. The van der Waals surface area contributed by atoms with Gasteiger partial charge in [0.25, 0.3) is 0 Å². The summed E-state index contributed by atoms with van der Waals surface area (Å²) in [6.07, 6.45) is 2.59. The monoisotopic (exact) mass is 256 g/mol. The van der Waals surface area contributed by atoms with Crippen LogP contribution in [0.15, 0.2) is 0 Å². The van der Waals surface area contributed by atoms with Crippen molar-refractivity contribution in [2.24, 2.45) is 11.8 Å². The number of carboxylic acid groups (broad SMARTS) is 1. The van der Waals surface area contributed by atoms with E-state index in [1.807, 2.05) is 4.90 Å². The number of carboxylic acids is 1. The van der Waals surface area contributed by atoms with Gasteiger partial charge in [-0.15, -0.1) is 0 Å². The molecule has 5 nitrogen and oxygen atoms in total. The summed E-state index contributed by atoms with van der Waals surface area (Å²) in [7, 11) is 0. The molecule has 1 saturated heterocycles. The predicted octanol–water partition coefficient (Wildman–Crippen LogP) is 1.93. The highest BCUT2D eigenvalue weighted by Crippen LogP contribution is 2.21. The first kappa shape index (κ1) is 14.8. The van der Waals surface area contributed by atoms with E-state index in [2.05, 4.69) is 19.2 Å². The predicted molar refractivity (Wildman–Crippen MR) is 69.4 cm³/mol.